The molecule has 0 aliphatic carbocycles. The molecule has 0 aliphatic rings. The molecule has 0 spiro atoms. The van der Waals surface area contributed by atoms with Gasteiger partial charge < -0.3 is 10.3 Å². The Hall–Kier alpha value is -3.15. The molecular weight excluding hydrogens is 376 g/mol. The van der Waals surface area contributed by atoms with Gasteiger partial charge in [0.1, 0.15) is 11.9 Å². The summed E-state index contributed by atoms with van der Waals surface area (Å²) in [6.07, 6.45) is 1.45. The molecule has 5 nitrogen and oxygen atoms in total. The highest BCUT2D eigenvalue weighted by Crippen LogP contribution is 2.21. The Balaban J connectivity index is 1.65. The Bertz CT molecular complexity index is 1040. The molecule has 0 bridgehead atoms. The van der Waals surface area contributed by atoms with Gasteiger partial charge in [-0.25, -0.2) is 9.37 Å². The average Bonchev–Trinajstić information content (AvgIpc) is 2.74. The van der Waals surface area contributed by atoms with E-state index in [0.29, 0.717) is 11.3 Å². The van der Waals surface area contributed by atoms with E-state index in [4.69, 9.17) is 5.26 Å². The molecule has 3 aromatic rings. The van der Waals surface area contributed by atoms with Crippen LogP contribution in [0.2, 0.25) is 0 Å². The highest BCUT2D eigenvalue weighted by Gasteiger charge is 2.11. The van der Waals surface area contributed by atoms with Gasteiger partial charge in [0.2, 0.25) is 0 Å². The first kappa shape index (κ1) is 19.6. The number of aromatic nitrogens is 1. The normalized spacial score (nSPS) is 10.2. The average molecular weight is 391 g/mol. The van der Waals surface area contributed by atoms with Gasteiger partial charge in [-0.05, 0) is 41.4 Å². The highest BCUT2D eigenvalue weighted by atomic mass is 32.2. The third-order valence-electron chi connectivity index (χ3n) is 4.01. The molecule has 1 heterocycles. The number of hydrogen-bond acceptors (Lipinski definition) is 5. The number of anilines is 1. The van der Waals surface area contributed by atoms with Crippen molar-refractivity contribution in [2.24, 2.45) is 0 Å². The first-order chi connectivity index (χ1) is 13.6. The highest BCUT2D eigenvalue weighted by molar-refractivity contribution is 7.98. The number of benzene rings is 2. The minimum atomic E-state index is -0.541. The van der Waals surface area contributed by atoms with Gasteiger partial charge in [0.05, 0.1) is 21.8 Å². The Labute approximate surface area is 166 Å². The number of nitrogens with one attached hydrogen (secondary N) is 1. The third kappa shape index (κ3) is 4.77. The molecule has 1 amide bonds. The lowest BCUT2D eigenvalue weighted by Gasteiger charge is -2.08. The molecule has 138 valence electrons. The van der Waals surface area contributed by atoms with E-state index in [0.717, 1.165) is 22.1 Å². The van der Waals surface area contributed by atoms with Gasteiger partial charge >= 0.3 is 7.48 Å². The summed E-state index contributed by atoms with van der Waals surface area (Å²) in [6, 6.07) is 16.4. The van der Waals surface area contributed by atoms with Crippen molar-refractivity contribution in [2.45, 2.75) is 10.8 Å². The van der Waals surface area contributed by atoms with E-state index in [1.165, 1.54) is 30.1 Å². The molecule has 2 aromatic carbocycles. The quantitative estimate of drug-likeness (QED) is 0.499. The summed E-state index contributed by atoms with van der Waals surface area (Å²) in [5.74, 6) is -0.325. The van der Waals surface area contributed by atoms with Crippen molar-refractivity contribution in [1.29, 1.82) is 5.26 Å². The van der Waals surface area contributed by atoms with Crippen LogP contribution < -0.4 is 10.8 Å². The number of nitriles is 1. The second-order valence-corrected chi connectivity index (χ2v) is 6.85. The molecule has 0 saturated carbocycles. The van der Waals surface area contributed by atoms with Crippen LogP contribution in [0.15, 0.2) is 65.8 Å². The SMILES string of the molecule is N#Cc1cc(F)ccc1NC(=O)c1ccc(SCc2ccccc2BO)nc1. The molecule has 0 radical (unpaired) electrons. The molecule has 0 unspecified atom stereocenters. The minimum Gasteiger partial charge on any atom is -0.449 e. The van der Waals surface area contributed by atoms with E-state index in [9.17, 15) is 14.2 Å². The van der Waals surface area contributed by atoms with Crippen molar-refractivity contribution >= 4 is 36.3 Å². The Morgan fingerprint density at radius 3 is 2.79 bits per heavy atom. The maximum atomic E-state index is 13.2. The van der Waals surface area contributed by atoms with Crippen molar-refractivity contribution in [2.75, 3.05) is 5.32 Å². The van der Waals surface area contributed by atoms with Crippen LogP contribution in [0.25, 0.3) is 0 Å². The van der Waals surface area contributed by atoms with E-state index in [1.54, 1.807) is 12.1 Å². The first-order valence-corrected chi connectivity index (χ1v) is 9.36. The maximum absolute atomic E-state index is 13.2. The fraction of sp³-hybridized carbons (Fsp3) is 0.0500. The van der Waals surface area contributed by atoms with Crippen LogP contribution in [0.4, 0.5) is 10.1 Å². The van der Waals surface area contributed by atoms with E-state index >= 15 is 0 Å². The second-order valence-electron chi connectivity index (χ2n) is 5.86. The predicted octanol–water partition coefficient (Wildman–Crippen LogP) is 2.61. The summed E-state index contributed by atoms with van der Waals surface area (Å²) in [4.78, 5) is 16.6. The van der Waals surface area contributed by atoms with Crippen molar-refractivity contribution in [1.82, 2.24) is 4.98 Å². The predicted molar refractivity (Wildman–Crippen MR) is 108 cm³/mol. The number of rotatable bonds is 6. The smallest absolute Gasteiger partial charge is 0.305 e. The number of thioether (sulfide) groups is 1. The van der Waals surface area contributed by atoms with Gasteiger partial charge in [-0.15, -0.1) is 11.8 Å². The van der Waals surface area contributed by atoms with Crippen LogP contribution in [-0.2, 0) is 5.75 Å². The van der Waals surface area contributed by atoms with Crippen molar-refractivity contribution in [3.8, 4) is 6.07 Å². The van der Waals surface area contributed by atoms with Crippen LogP contribution in [0.1, 0.15) is 21.5 Å². The summed E-state index contributed by atoms with van der Waals surface area (Å²) in [6.45, 7) is 0. The fourth-order valence-corrected chi connectivity index (χ4v) is 3.39. The van der Waals surface area contributed by atoms with Crippen LogP contribution >= 0.6 is 11.8 Å². The van der Waals surface area contributed by atoms with Crippen LogP contribution in [0.5, 0.6) is 0 Å². The standard InChI is InChI=1S/C20H15BFN3O2S/c22-16-6-7-18(15(9-16)10-23)25-20(26)13-5-8-19(24-11-13)28-12-14-3-1-2-4-17(14)21-27/h1-9,11,21,27H,12H2,(H,25,26). The maximum Gasteiger partial charge on any atom is 0.305 e. The van der Waals surface area contributed by atoms with Crippen molar-refractivity contribution in [3.63, 3.8) is 0 Å². The molecule has 0 saturated heterocycles. The lowest BCUT2D eigenvalue weighted by atomic mass is 9.85. The number of carbonyl (C=O) groups excluding carboxylic acids is 1. The Kier molecular flexibility index (Phi) is 6.43. The number of pyridine rings is 1. The lowest BCUT2D eigenvalue weighted by molar-refractivity contribution is 0.102. The molecule has 1 aromatic heterocycles. The van der Waals surface area contributed by atoms with Gasteiger partial charge in [-0.3, -0.25) is 4.79 Å². The van der Waals surface area contributed by atoms with Gasteiger partial charge in [0.25, 0.3) is 5.91 Å². The lowest BCUT2D eigenvalue weighted by Crippen LogP contribution is -2.17. The molecule has 3 rings (SSSR count). The monoisotopic (exact) mass is 391 g/mol. The number of carbonyl (C=O) groups is 1. The molecule has 0 atom stereocenters. The zero-order chi connectivity index (χ0) is 19.9. The van der Waals surface area contributed by atoms with Gasteiger partial charge in [-0.2, -0.15) is 5.26 Å². The van der Waals surface area contributed by atoms with E-state index < -0.39 is 11.7 Å². The summed E-state index contributed by atoms with van der Waals surface area (Å²) in [5, 5.41) is 21.8. The Morgan fingerprint density at radius 1 is 1.25 bits per heavy atom. The fourth-order valence-electron chi connectivity index (χ4n) is 2.52. The van der Waals surface area contributed by atoms with Crippen LogP contribution in [-0.4, -0.2) is 23.4 Å². The van der Waals surface area contributed by atoms with Crippen LogP contribution in [0, 0.1) is 17.1 Å². The summed E-state index contributed by atoms with van der Waals surface area (Å²) in [7, 11) is -0.0165. The van der Waals surface area contributed by atoms with E-state index in [-0.39, 0.29) is 18.7 Å². The van der Waals surface area contributed by atoms with Gasteiger partial charge in [0, 0.05) is 11.9 Å². The van der Waals surface area contributed by atoms with Crippen molar-refractivity contribution in [3.05, 3.63) is 83.3 Å². The minimum absolute atomic E-state index is 0.0165. The molecule has 0 fully saturated rings. The van der Waals surface area contributed by atoms with E-state index in [1.807, 2.05) is 30.3 Å². The molecular formula is C20H15BFN3O2S. The first-order valence-electron chi connectivity index (χ1n) is 8.38. The summed E-state index contributed by atoms with van der Waals surface area (Å²) < 4.78 is 13.2. The number of hydrogen-bond donors (Lipinski definition) is 2. The summed E-state index contributed by atoms with van der Waals surface area (Å²) >= 11 is 1.50. The number of amides is 1. The van der Waals surface area contributed by atoms with Gasteiger partial charge in [0.15, 0.2) is 0 Å². The molecule has 28 heavy (non-hydrogen) atoms. The largest absolute Gasteiger partial charge is 0.449 e. The van der Waals surface area contributed by atoms with Gasteiger partial charge in [-0.1, -0.05) is 24.3 Å². The molecule has 0 aliphatic heterocycles. The zero-order valence-electron chi connectivity index (χ0n) is 14.7. The zero-order valence-corrected chi connectivity index (χ0v) is 15.5. The third-order valence-corrected chi connectivity index (χ3v) is 5.01. The number of halogens is 1. The molecule has 8 heteroatoms. The topological polar surface area (TPSA) is 86.0 Å². The Morgan fingerprint density at radius 2 is 2.07 bits per heavy atom. The number of nitrogens with zero attached hydrogens (tertiary/aromatic N) is 2. The van der Waals surface area contributed by atoms with E-state index in [2.05, 4.69) is 10.3 Å². The molecule has 2 N–H and O–H groups in total. The summed E-state index contributed by atoms with van der Waals surface area (Å²) in [5.41, 5.74) is 2.52. The van der Waals surface area contributed by atoms with Crippen molar-refractivity contribution < 1.29 is 14.2 Å². The van der Waals surface area contributed by atoms with Crippen LogP contribution in [0.3, 0.4) is 0 Å². The second kappa shape index (κ2) is 9.17.